The minimum Gasteiger partial charge on any atom is -0.497 e. The van der Waals surface area contributed by atoms with Crippen molar-refractivity contribution in [3.8, 4) is 17.0 Å². The molecule has 8 heteroatoms. The van der Waals surface area contributed by atoms with E-state index in [0.717, 1.165) is 49.5 Å². The zero-order chi connectivity index (χ0) is 20.2. The first-order chi connectivity index (χ1) is 14.2. The van der Waals surface area contributed by atoms with Crippen molar-refractivity contribution in [3.05, 3.63) is 30.5 Å². The van der Waals surface area contributed by atoms with E-state index in [4.69, 9.17) is 9.47 Å². The van der Waals surface area contributed by atoms with Crippen LogP contribution >= 0.6 is 0 Å². The topological polar surface area (TPSA) is 81.5 Å². The van der Waals surface area contributed by atoms with Crippen LogP contribution in [0.3, 0.4) is 0 Å². The smallest absolute Gasteiger partial charge is 0.224 e. The highest BCUT2D eigenvalue weighted by Crippen LogP contribution is 2.37. The van der Waals surface area contributed by atoms with E-state index in [9.17, 15) is 4.79 Å². The molecule has 29 heavy (non-hydrogen) atoms. The number of fused-ring (bicyclic) bond motifs is 3. The summed E-state index contributed by atoms with van der Waals surface area (Å²) in [6.45, 7) is 3.82. The highest BCUT2D eigenvalue weighted by Gasteiger charge is 2.43. The van der Waals surface area contributed by atoms with Gasteiger partial charge in [0.1, 0.15) is 11.4 Å². The van der Waals surface area contributed by atoms with Gasteiger partial charge in [0.15, 0.2) is 0 Å². The first-order valence-electron chi connectivity index (χ1n) is 10.2. The summed E-state index contributed by atoms with van der Waals surface area (Å²) >= 11 is 0. The van der Waals surface area contributed by atoms with Gasteiger partial charge < -0.3 is 14.8 Å². The minimum absolute atomic E-state index is 0.0856. The number of benzene rings is 1. The summed E-state index contributed by atoms with van der Waals surface area (Å²) in [6, 6.07) is 8.25. The molecular weight excluding hydrogens is 370 g/mol. The van der Waals surface area contributed by atoms with E-state index >= 15 is 0 Å². The number of carbonyl (C=O) groups is 1. The van der Waals surface area contributed by atoms with Gasteiger partial charge in [-0.05, 0) is 49.6 Å². The van der Waals surface area contributed by atoms with E-state index in [0.29, 0.717) is 25.1 Å². The number of methoxy groups -OCH3 is 2. The number of hydrogen-bond acceptors (Lipinski definition) is 6. The first kappa shape index (κ1) is 19.8. The molecule has 3 aliphatic rings. The molecule has 4 heterocycles. The molecule has 2 aromatic rings. The molecule has 0 saturated carbocycles. The summed E-state index contributed by atoms with van der Waals surface area (Å²) in [5.74, 6) is 1.52. The molecule has 1 N–H and O–H groups in total. The van der Waals surface area contributed by atoms with Gasteiger partial charge in [0.25, 0.3) is 0 Å². The van der Waals surface area contributed by atoms with Crippen LogP contribution in [0, 0.1) is 11.8 Å². The molecule has 3 fully saturated rings. The standard InChI is InChI=1S/C21H29N5O3/c1-28-10-8-22-21(27)19-13-25-9-7-16(19)11-17(25)12-26-14-20(23-24-26)15-3-5-18(29-2)6-4-15/h3-6,14,16-17,19H,7-13H2,1-2H3,(H,22,27)/t16?,17-,19+/m1/s1. The largest absolute Gasteiger partial charge is 0.497 e. The third kappa shape index (κ3) is 4.43. The van der Waals surface area contributed by atoms with Crippen LogP contribution in [0.5, 0.6) is 5.75 Å². The SMILES string of the molecule is COCCNC(=O)[C@H]1CN2CCC1C[C@@H]2Cn1cc(-c2ccc(OC)cc2)nn1. The fraction of sp³-hybridized carbons (Fsp3) is 0.571. The molecule has 156 valence electrons. The van der Waals surface area contributed by atoms with Crippen LogP contribution in [-0.4, -0.2) is 72.3 Å². The Morgan fingerprint density at radius 2 is 2.10 bits per heavy atom. The van der Waals surface area contributed by atoms with E-state index in [2.05, 4.69) is 20.5 Å². The van der Waals surface area contributed by atoms with E-state index in [-0.39, 0.29) is 11.8 Å². The number of nitrogens with one attached hydrogen (secondary N) is 1. The second kappa shape index (κ2) is 8.92. The van der Waals surface area contributed by atoms with Crippen molar-refractivity contribution < 1.29 is 14.3 Å². The van der Waals surface area contributed by atoms with Gasteiger partial charge in [-0.25, -0.2) is 0 Å². The molecule has 1 aromatic carbocycles. The number of piperidine rings is 3. The number of ether oxygens (including phenoxy) is 2. The van der Waals surface area contributed by atoms with Gasteiger partial charge in [-0.2, -0.15) is 0 Å². The molecule has 5 rings (SSSR count). The lowest BCUT2D eigenvalue weighted by atomic mass is 9.75. The number of nitrogens with zero attached hydrogens (tertiary/aromatic N) is 4. The summed E-state index contributed by atoms with van der Waals surface area (Å²) < 4.78 is 12.2. The van der Waals surface area contributed by atoms with Crippen LogP contribution < -0.4 is 10.1 Å². The molecule has 0 radical (unpaired) electrons. The van der Waals surface area contributed by atoms with E-state index in [1.54, 1.807) is 14.2 Å². The first-order valence-corrected chi connectivity index (χ1v) is 10.2. The Balaban J connectivity index is 1.35. The van der Waals surface area contributed by atoms with Crippen molar-refractivity contribution >= 4 is 5.91 Å². The second-order valence-corrected chi connectivity index (χ2v) is 7.88. The number of hydrogen-bond donors (Lipinski definition) is 1. The van der Waals surface area contributed by atoms with Crippen LogP contribution in [0.15, 0.2) is 30.5 Å². The lowest BCUT2D eigenvalue weighted by molar-refractivity contribution is -0.133. The summed E-state index contributed by atoms with van der Waals surface area (Å²) in [4.78, 5) is 14.9. The van der Waals surface area contributed by atoms with Gasteiger partial charge in [-0.15, -0.1) is 5.10 Å². The average molecular weight is 399 g/mol. The van der Waals surface area contributed by atoms with Crippen molar-refractivity contribution in [1.29, 1.82) is 0 Å². The molecule has 1 amide bonds. The number of amides is 1. The Bertz CT molecular complexity index is 822. The predicted octanol–water partition coefficient (Wildman–Crippen LogP) is 1.43. The molecule has 2 unspecified atom stereocenters. The lowest BCUT2D eigenvalue weighted by Crippen LogP contribution is -2.58. The summed E-state index contributed by atoms with van der Waals surface area (Å²) in [5.41, 5.74) is 1.88. The van der Waals surface area contributed by atoms with Gasteiger partial charge in [0, 0.05) is 31.8 Å². The quantitative estimate of drug-likeness (QED) is 0.677. The Labute approximate surface area is 171 Å². The van der Waals surface area contributed by atoms with Gasteiger partial charge in [-0.3, -0.25) is 14.4 Å². The number of aromatic nitrogens is 3. The molecule has 1 aromatic heterocycles. The summed E-state index contributed by atoms with van der Waals surface area (Å²) in [7, 11) is 3.31. The van der Waals surface area contributed by atoms with Crippen LogP contribution in [0.1, 0.15) is 12.8 Å². The molecular formula is C21H29N5O3. The Morgan fingerprint density at radius 1 is 1.28 bits per heavy atom. The van der Waals surface area contributed by atoms with Crippen molar-refractivity contribution in [2.75, 3.05) is 40.5 Å². The molecule has 4 atom stereocenters. The molecule has 3 aliphatic heterocycles. The predicted molar refractivity (Wildman–Crippen MR) is 108 cm³/mol. The van der Waals surface area contributed by atoms with Crippen LogP contribution in [-0.2, 0) is 16.1 Å². The number of carbonyl (C=O) groups excluding carboxylic acids is 1. The normalized spacial score (nSPS) is 25.7. The third-order valence-corrected chi connectivity index (χ3v) is 6.14. The van der Waals surface area contributed by atoms with E-state index < -0.39 is 0 Å². The minimum atomic E-state index is 0.0856. The Kier molecular flexibility index (Phi) is 6.10. The van der Waals surface area contributed by atoms with Crippen LogP contribution in [0.4, 0.5) is 0 Å². The van der Waals surface area contributed by atoms with E-state index in [1.165, 1.54) is 0 Å². The Hall–Kier alpha value is -2.45. The van der Waals surface area contributed by atoms with Gasteiger partial charge in [0.05, 0.1) is 32.4 Å². The average Bonchev–Trinajstić information content (AvgIpc) is 3.23. The molecule has 2 bridgehead atoms. The van der Waals surface area contributed by atoms with Crippen molar-refractivity contribution in [1.82, 2.24) is 25.2 Å². The van der Waals surface area contributed by atoms with Gasteiger partial charge >= 0.3 is 0 Å². The van der Waals surface area contributed by atoms with E-state index in [1.807, 2.05) is 35.1 Å². The fourth-order valence-electron chi connectivity index (χ4n) is 4.53. The highest BCUT2D eigenvalue weighted by molar-refractivity contribution is 5.79. The van der Waals surface area contributed by atoms with Crippen molar-refractivity contribution in [2.24, 2.45) is 11.8 Å². The maximum atomic E-state index is 12.5. The lowest BCUT2D eigenvalue weighted by Gasteiger charge is -2.49. The monoisotopic (exact) mass is 399 g/mol. The van der Waals surface area contributed by atoms with Gasteiger partial charge in [-0.1, -0.05) is 5.21 Å². The molecule has 8 nitrogen and oxygen atoms in total. The maximum absolute atomic E-state index is 12.5. The summed E-state index contributed by atoms with van der Waals surface area (Å²) in [6.07, 6.45) is 4.12. The molecule has 0 spiro atoms. The zero-order valence-electron chi connectivity index (χ0n) is 17.1. The van der Waals surface area contributed by atoms with Crippen molar-refractivity contribution in [2.45, 2.75) is 25.4 Å². The third-order valence-electron chi connectivity index (χ3n) is 6.14. The fourth-order valence-corrected chi connectivity index (χ4v) is 4.53. The van der Waals surface area contributed by atoms with Crippen molar-refractivity contribution in [3.63, 3.8) is 0 Å². The highest BCUT2D eigenvalue weighted by atomic mass is 16.5. The van der Waals surface area contributed by atoms with Crippen LogP contribution in [0.2, 0.25) is 0 Å². The molecule has 3 saturated heterocycles. The maximum Gasteiger partial charge on any atom is 0.224 e. The molecule has 0 aliphatic carbocycles. The second-order valence-electron chi connectivity index (χ2n) is 7.88. The van der Waals surface area contributed by atoms with Gasteiger partial charge in [0.2, 0.25) is 5.91 Å². The zero-order valence-corrected chi connectivity index (χ0v) is 17.1. The Morgan fingerprint density at radius 3 is 2.79 bits per heavy atom. The number of rotatable bonds is 8. The van der Waals surface area contributed by atoms with Crippen LogP contribution in [0.25, 0.3) is 11.3 Å². The summed E-state index contributed by atoms with van der Waals surface area (Å²) in [5, 5.41) is 11.7.